The second-order valence-electron chi connectivity index (χ2n) is 6.11. The van der Waals surface area contributed by atoms with Gasteiger partial charge in [-0.1, -0.05) is 41.4 Å². The Bertz CT molecular complexity index is 932. The number of aromatic nitrogens is 1. The molecule has 3 aromatic rings. The van der Waals surface area contributed by atoms with Crippen LogP contribution in [0.1, 0.15) is 16.8 Å². The lowest BCUT2D eigenvalue weighted by Crippen LogP contribution is -2.36. The number of carbonyl (C=O) groups is 1. The zero-order valence-electron chi connectivity index (χ0n) is 13.0. The van der Waals surface area contributed by atoms with Crippen LogP contribution < -0.4 is 0 Å². The summed E-state index contributed by atoms with van der Waals surface area (Å²) < 4.78 is 0. The monoisotopic (exact) mass is 358 g/mol. The van der Waals surface area contributed by atoms with Crippen molar-refractivity contribution >= 4 is 40.0 Å². The van der Waals surface area contributed by atoms with Gasteiger partial charge in [0.1, 0.15) is 0 Å². The highest BCUT2D eigenvalue weighted by atomic mass is 35.5. The van der Waals surface area contributed by atoms with Crippen LogP contribution >= 0.6 is 23.2 Å². The van der Waals surface area contributed by atoms with Crippen LogP contribution in [0.3, 0.4) is 0 Å². The third-order valence-electron chi connectivity index (χ3n) is 4.59. The number of nitrogens with zero attached hydrogens (tertiary/aromatic N) is 1. The van der Waals surface area contributed by atoms with Crippen molar-refractivity contribution in [2.24, 2.45) is 0 Å². The Labute approximate surface area is 150 Å². The molecular weight excluding hydrogens is 343 g/mol. The SMILES string of the molecule is O=C(Cc1ccccc1Cl)N1CCc2c([nH]c3ccc(Cl)cc23)C1. The van der Waals surface area contributed by atoms with Crippen LogP contribution in [0.15, 0.2) is 42.5 Å². The number of nitrogens with one attached hydrogen (secondary N) is 1. The van der Waals surface area contributed by atoms with Gasteiger partial charge in [-0.05, 0) is 41.8 Å². The summed E-state index contributed by atoms with van der Waals surface area (Å²) >= 11 is 12.3. The maximum absolute atomic E-state index is 12.6. The lowest BCUT2D eigenvalue weighted by atomic mass is 10.0. The van der Waals surface area contributed by atoms with Gasteiger partial charge in [-0.25, -0.2) is 0 Å². The topological polar surface area (TPSA) is 36.1 Å². The first-order valence-electron chi connectivity index (χ1n) is 7.92. The number of hydrogen-bond acceptors (Lipinski definition) is 1. The quantitative estimate of drug-likeness (QED) is 0.713. The largest absolute Gasteiger partial charge is 0.357 e. The van der Waals surface area contributed by atoms with Gasteiger partial charge in [-0.3, -0.25) is 4.79 Å². The van der Waals surface area contributed by atoms with Crippen molar-refractivity contribution < 1.29 is 4.79 Å². The third kappa shape index (κ3) is 2.79. The fourth-order valence-corrected chi connectivity index (χ4v) is 3.72. The summed E-state index contributed by atoms with van der Waals surface area (Å²) in [5.74, 6) is 0.102. The van der Waals surface area contributed by atoms with Gasteiger partial charge in [0.25, 0.3) is 0 Å². The first-order valence-corrected chi connectivity index (χ1v) is 8.67. The first-order chi connectivity index (χ1) is 11.6. The zero-order chi connectivity index (χ0) is 16.7. The van der Waals surface area contributed by atoms with Gasteiger partial charge in [-0.2, -0.15) is 0 Å². The van der Waals surface area contributed by atoms with Gasteiger partial charge in [0.15, 0.2) is 0 Å². The van der Waals surface area contributed by atoms with Crippen LogP contribution in [0.5, 0.6) is 0 Å². The molecule has 0 saturated heterocycles. The van der Waals surface area contributed by atoms with Gasteiger partial charge in [0.05, 0.1) is 13.0 Å². The number of H-pyrrole nitrogens is 1. The minimum atomic E-state index is 0.102. The molecule has 0 fully saturated rings. The molecular formula is C19H16Cl2N2O. The maximum atomic E-state index is 12.6. The highest BCUT2D eigenvalue weighted by Gasteiger charge is 2.24. The van der Waals surface area contributed by atoms with Crippen molar-refractivity contribution in [1.82, 2.24) is 9.88 Å². The van der Waals surface area contributed by atoms with Crippen molar-refractivity contribution in [1.29, 1.82) is 0 Å². The van der Waals surface area contributed by atoms with E-state index in [1.807, 2.05) is 47.4 Å². The van der Waals surface area contributed by atoms with E-state index in [1.165, 1.54) is 5.56 Å². The molecule has 1 aromatic heterocycles. The fourth-order valence-electron chi connectivity index (χ4n) is 3.34. The van der Waals surface area contributed by atoms with Crippen LogP contribution in [0, 0.1) is 0 Å². The van der Waals surface area contributed by atoms with Gasteiger partial charge >= 0.3 is 0 Å². The molecule has 1 amide bonds. The van der Waals surface area contributed by atoms with Crippen LogP contribution in [-0.2, 0) is 24.2 Å². The number of benzene rings is 2. The Kier molecular flexibility index (Phi) is 3.99. The summed E-state index contributed by atoms with van der Waals surface area (Å²) in [7, 11) is 0. The molecule has 3 nitrogen and oxygen atoms in total. The Morgan fingerprint density at radius 1 is 1.17 bits per heavy atom. The van der Waals surface area contributed by atoms with E-state index in [1.54, 1.807) is 0 Å². The van der Waals surface area contributed by atoms with E-state index in [-0.39, 0.29) is 5.91 Å². The second-order valence-corrected chi connectivity index (χ2v) is 6.95. The number of aromatic amines is 1. The van der Waals surface area contributed by atoms with E-state index in [0.29, 0.717) is 18.0 Å². The Morgan fingerprint density at radius 3 is 2.83 bits per heavy atom. The van der Waals surface area contributed by atoms with Gasteiger partial charge in [0, 0.05) is 33.2 Å². The van der Waals surface area contributed by atoms with Crippen LogP contribution in [0.4, 0.5) is 0 Å². The van der Waals surface area contributed by atoms with Crippen LogP contribution in [0.2, 0.25) is 10.0 Å². The molecule has 122 valence electrons. The summed E-state index contributed by atoms with van der Waals surface area (Å²) in [5.41, 5.74) is 4.32. The number of amides is 1. The number of halogens is 2. The molecule has 24 heavy (non-hydrogen) atoms. The van der Waals surface area contributed by atoms with Crippen molar-refractivity contribution in [2.75, 3.05) is 6.54 Å². The Morgan fingerprint density at radius 2 is 2.00 bits per heavy atom. The summed E-state index contributed by atoms with van der Waals surface area (Å²) in [6.07, 6.45) is 1.17. The van der Waals surface area contributed by atoms with E-state index >= 15 is 0 Å². The fraction of sp³-hybridized carbons (Fsp3) is 0.211. The molecule has 2 heterocycles. The average Bonchev–Trinajstić information content (AvgIpc) is 2.94. The molecule has 1 aliphatic heterocycles. The molecule has 0 aliphatic carbocycles. The molecule has 4 rings (SSSR count). The molecule has 2 aromatic carbocycles. The van der Waals surface area contributed by atoms with Crippen molar-refractivity contribution in [2.45, 2.75) is 19.4 Å². The number of fused-ring (bicyclic) bond motifs is 3. The number of carbonyl (C=O) groups excluding carboxylic acids is 1. The predicted molar refractivity (Wildman–Crippen MR) is 97.6 cm³/mol. The predicted octanol–water partition coefficient (Wildman–Crippen LogP) is 4.60. The van der Waals surface area contributed by atoms with Crippen LogP contribution in [-0.4, -0.2) is 22.3 Å². The normalized spacial score (nSPS) is 14.0. The Hall–Kier alpha value is -1.97. The first kappa shape index (κ1) is 15.6. The van der Waals surface area contributed by atoms with E-state index in [4.69, 9.17) is 23.2 Å². The lowest BCUT2D eigenvalue weighted by molar-refractivity contribution is -0.131. The standard InChI is InChI=1S/C19H16Cl2N2O/c20-13-5-6-17-15(10-13)14-7-8-23(11-18(14)22-17)19(24)9-12-3-1-2-4-16(12)21/h1-6,10,22H,7-9,11H2. The van der Waals surface area contributed by atoms with E-state index in [0.717, 1.165) is 40.1 Å². The van der Waals surface area contributed by atoms with Gasteiger partial charge in [0.2, 0.25) is 5.91 Å². The summed E-state index contributed by atoms with van der Waals surface area (Å²) in [4.78, 5) is 17.9. The highest BCUT2D eigenvalue weighted by molar-refractivity contribution is 6.31. The van der Waals surface area contributed by atoms with Crippen LogP contribution in [0.25, 0.3) is 10.9 Å². The second kappa shape index (κ2) is 6.15. The van der Waals surface area contributed by atoms with Crippen molar-refractivity contribution in [3.8, 4) is 0 Å². The van der Waals surface area contributed by atoms with E-state index < -0.39 is 0 Å². The molecule has 0 spiro atoms. The maximum Gasteiger partial charge on any atom is 0.227 e. The third-order valence-corrected chi connectivity index (χ3v) is 5.19. The summed E-state index contributed by atoms with van der Waals surface area (Å²) in [6.45, 7) is 1.32. The molecule has 0 bridgehead atoms. The molecule has 0 radical (unpaired) electrons. The number of rotatable bonds is 2. The van der Waals surface area contributed by atoms with E-state index in [2.05, 4.69) is 4.98 Å². The average molecular weight is 359 g/mol. The highest BCUT2D eigenvalue weighted by Crippen LogP contribution is 2.30. The summed E-state index contributed by atoms with van der Waals surface area (Å²) in [5, 5.41) is 2.54. The zero-order valence-corrected chi connectivity index (χ0v) is 14.5. The number of hydrogen-bond donors (Lipinski definition) is 1. The molecule has 1 aliphatic rings. The lowest BCUT2D eigenvalue weighted by Gasteiger charge is -2.27. The molecule has 0 atom stereocenters. The minimum Gasteiger partial charge on any atom is -0.357 e. The summed E-state index contributed by atoms with van der Waals surface area (Å²) in [6, 6.07) is 13.4. The van der Waals surface area contributed by atoms with Gasteiger partial charge in [-0.15, -0.1) is 0 Å². The smallest absolute Gasteiger partial charge is 0.227 e. The van der Waals surface area contributed by atoms with Gasteiger partial charge < -0.3 is 9.88 Å². The molecule has 1 N–H and O–H groups in total. The van der Waals surface area contributed by atoms with Crippen molar-refractivity contribution in [3.05, 3.63) is 69.3 Å². The molecule has 0 unspecified atom stereocenters. The molecule has 5 heteroatoms. The van der Waals surface area contributed by atoms with E-state index in [9.17, 15) is 4.79 Å². The Balaban J connectivity index is 1.57. The molecule has 0 saturated carbocycles. The minimum absolute atomic E-state index is 0.102. The van der Waals surface area contributed by atoms with Crippen molar-refractivity contribution in [3.63, 3.8) is 0 Å².